The van der Waals surface area contributed by atoms with Gasteiger partial charge in [-0.25, -0.2) is 9.97 Å². The molecule has 0 saturated heterocycles. The zero-order valence-electron chi connectivity index (χ0n) is 10.0. The van der Waals surface area contributed by atoms with Crippen molar-refractivity contribution in [3.63, 3.8) is 0 Å². The van der Waals surface area contributed by atoms with Gasteiger partial charge in [-0.3, -0.25) is 0 Å². The molecule has 1 aliphatic carbocycles. The average molecular weight is 284 g/mol. The Hall–Kier alpha value is -0.640. The number of hydrogen-bond donors (Lipinski definition) is 1. The van der Waals surface area contributed by atoms with Gasteiger partial charge in [0.2, 0.25) is 0 Å². The van der Waals surface area contributed by atoms with Crippen LogP contribution in [0.5, 0.6) is 0 Å². The highest BCUT2D eigenvalue weighted by atomic mass is 79.9. The summed E-state index contributed by atoms with van der Waals surface area (Å²) in [6, 6.07) is 2.56. The zero-order valence-corrected chi connectivity index (χ0v) is 11.6. The Morgan fingerprint density at radius 1 is 1.31 bits per heavy atom. The first-order valence-electron chi connectivity index (χ1n) is 5.77. The molecule has 0 radical (unpaired) electrons. The lowest BCUT2D eigenvalue weighted by atomic mass is 9.93. The maximum absolute atomic E-state index is 4.57. The summed E-state index contributed by atoms with van der Waals surface area (Å²) < 4.78 is 0.856. The second-order valence-corrected chi connectivity index (χ2v) is 6.23. The number of anilines is 1. The normalized spacial score (nSPS) is 17.0. The van der Waals surface area contributed by atoms with Crippen LogP contribution in [0.3, 0.4) is 0 Å². The van der Waals surface area contributed by atoms with Gasteiger partial charge in [0.1, 0.15) is 16.2 Å². The van der Waals surface area contributed by atoms with Gasteiger partial charge in [-0.05, 0) is 35.2 Å². The maximum Gasteiger partial charge on any atom is 0.137 e. The molecule has 1 aliphatic rings. The molecular weight excluding hydrogens is 266 g/mol. The third kappa shape index (κ3) is 2.73. The predicted molar refractivity (Wildman–Crippen MR) is 69.7 cm³/mol. The summed E-state index contributed by atoms with van der Waals surface area (Å²) >= 11 is 3.44. The van der Waals surface area contributed by atoms with Crippen LogP contribution in [0, 0.1) is 0 Å². The van der Waals surface area contributed by atoms with Crippen LogP contribution in [0.25, 0.3) is 0 Å². The van der Waals surface area contributed by atoms with Crippen molar-refractivity contribution in [3.8, 4) is 0 Å². The summed E-state index contributed by atoms with van der Waals surface area (Å²) in [4.78, 5) is 9.00. The summed E-state index contributed by atoms with van der Waals surface area (Å²) in [7, 11) is 0. The monoisotopic (exact) mass is 283 g/mol. The van der Waals surface area contributed by atoms with Gasteiger partial charge in [0.05, 0.1) is 0 Å². The van der Waals surface area contributed by atoms with E-state index in [-0.39, 0.29) is 5.41 Å². The molecular formula is C12H18BrN3. The fourth-order valence-electron chi connectivity index (χ4n) is 1.59. The van der Waals surface area contributed by atoms with E-state index in [0.29, 0.717) is 6.04 Å². The second-order valence-electron chi connectivity index (χ2n) is 5.42. The quantitative estimate of drug-likeness (QED) is 0.845. The fourth-order valence-corrected chi connectivity index (χ4v) is 1.97. The minimum absolute atomic E-state index is 0.0141. The third-order valence-corrected chi connectivity index (χ3v) is 3.23. The third-order valence-electron chi connectivity index (χ3n) is 2.82. The van der Waals surface area contributed by atoms with Crippen LogP contribution < -0.4 is 5.32 Å². The molecule has 0 bridgehead atoms. The van der Waals surface area contributed by atoms with Gasteiger partial charge in [0.25, 0.3) is 0 Å². The average Bonchev–Trinajstić information content (AvgIpc) is 2.09. The summed E-state index contributed by atoms with van der Waals surface area (Å²) in [6.45, 7) is 6.38. The van der Waals surface area contributed by atoms with E-state index in [1.807, 2.05) is 6.07 Å². The van der Waals surface area contributed by atoms with E-state index < -0.39 is 0 Å². The molecule has 3 nitrogen and oxygen atoms in total. The molecule has 0 atom stereocenters. The zero-order chi connectivity index (χ0) is 11.8. The molecule has 1 heterocycles. The van der Waals surface area contributed by atoms with Crippen molar-refractivity contribution in [3.05, 3.63) is 16.5 Å². The van der Waals surface area contributed by atoms with Crippen LogP contribution in [-0.4, -0.2) is 16.0 Å². The number of aromatic nitrogens is 2. The highest BCUT2D eigenvalue weighted by molar-refractivity contribution is 9.10. The summed E-state index contributed by atoms with van der Waals surface area (Å²) in [6.07, 6.45) is 3.84. The van der Waals surface area contributed by atoms with Gasteiger partial charge in [-0.1, -0.05) is 20.8 Å². The van der Waals surface area contributed by atoms with Crippen molar-refractivity contribution in [2.24, 2.45) is 0 Å². The Morgan fingerprint density at radius 3 is 2.50 bits per heavy atom. The number of halogens is 1. The van der Waals surface area contributed by atoms with Crippen LogP contribution in [0.2, 0.25) is 0 Å². The standard InChI is InChI=1S/C12H18BrN3/c1-12(2,3)11-15-9(13)7-10(16-11)14-8-5-4-6-8/h7-8H,4-6H2,1-3H3,(H,14,15,16). The molecule has 0 amide bonds. The Bertz CT molecular complexity index is 380. The predicted octanol–water partition coefficient (Wildman–Crippen LogP) is 3.50. The smallest absolute Gasteiger partial charge is 0.137 e. The maximum atomic E-state index is 4.57. The van der Waals surface area contributed by atoms with Crippen LogP contribution >= 0.6 is 15.9 Å². The summed E-state index contributed by atoms with van der Waals surface area (Å²) in [5.74, 6) is 1.82. The molecule has 88 valence electrons. The number of rotatable bonds is 2. The largest absolute Gasteiger partial charge is 0.367 e. The molecule has 0 unspecified atom stereocenters. The van der Waals surface area contributed by atoms with Crippen molar-refractivity contribution in [1.82, 2.24) is 9.97 Å². The minimum Gasteiger partial charge on any atom is -0.367 e. The lowest BCUT2D eigenvalue weighted by Crippen LogP contribution is -2.28. The van der Waals surface area contributed by atoms with Crippen LogP contribution in [0.15, 0.2) is 10.7 Å². The van der Waals surface area contributed by atoms with E-state index in [4.69, 9.17) is 0 Å². The van der Waals surface area contributed by atoms with Gasteiger partial charge in [-0.2, -0.15) is 0 Å². The van der Waals surface area contributed by atoms with Gasteiger partial charge >= 0.3 is 0 Å². The second kappa shape index (κ2) is 4.32. The van der Waals surface area contributed by atoms with Crippen molar-refractivity contribution in [2.75, 3.05) is 5.32 Å². The van der Waals surface area contributed by atoms with Gasteiger partial charge < -0.3 is 5.32 Å². The van der Waals surface area contributed by atoms with E-state index in [1.165, 1.54) is 19.3 Å². The molecule has 4 heteroatoms. The van der Waals surface area contributed by atoms with Gasteiger partial charge in [0, 0.05) is 17.5 Å². The van der Waals surface area contributed by atoms with Crippen molar-refractivity contribution in [2.45, 2.75) is 51.5 Å². The summed E-state index contributed by atoms with van der Waals surface area (Å²) in [5, 5.41) is 3.45. The first-order valence-corrected chi connectivity index (χ1v) is 6.56. The molecule has 16 heavy (non-hydrogen) atoms. The topological polar surface area (TPSA) is 37.8 Å². The fraction of sp³-hybridized carbons (Fsp3) is 0.667. The Labute approximate surface area is 105 Å². The number of hydrogen-bond acceptors (Lipinski definition) is 3. The summed E-state index contributed by atoms with van der Waals surface area (Å²) in [5.41, 5.74) is -0.0141. The van der Waals surface area contributed by atoms with E-state index >= 15 is 0 Å². The van der Waals surface area contributed by atoms with Crippen molar-refractivity contribution < 1.29 is 0 Å². The molecule has 1 aromatic rings. The van der Waals surface area contributed by atoms with Crippen LogP contribution in [0.1, 0.15) is 45.9 Å². The minimum atomic E-state index is -0.0141. The van der Waals surface area contributed by atoms with E-state index in [9.17, 15) is 0 Å². The van der Waals surface area contributed by atoms with Crippen LogP contribution in [-0.2, 0) is 5.41 Å². The van der Waals surface area contributed by atoms with Crippen LogP contribution in [0.4, 0.5) is 5.82 Å². The molecule has 0 aromatic carbocycles. The lowest BCUT2D eigenvalue weighted by molar-refractivity contribution is 0.443. The molecule has 0 aliphatic heterocycles. The van der Waals surface area contributed by atoms with E-state index in [0.717, 1.165) is 16.2 Å². The highest BCUT2D eigenvalue weighted by Crippen LogP contribution is 2.26. The molecule has 1 N–H and O–H groups in total. The highest BCUT2D eigenvalue weighted by Gasteiger charge is 2.21. The Kier molecular flexibility index (Phi) is 3.19. The molecule has 1 aromatic heterocycles. The SMILES string of the molecule is CC(C)(C)c1nc(Br)cc(NC2CCC2)n1. The number of nitrogens with one attached hydrogen (secondary N) is 1. The van der Waals surface area contributed by atoms with Gasteiger partial charge in [-0.15, -0.1) is 0 Å². The van der Waals surface area contributed by atoms with Crippen molar-refractivity contribution >= 4 is 21.7 Å². The van der Waals surface area contributed by atoms with E-state index in [2.05, 4.69) is 52.0 Å². The molecule has 1 fully saturated rings. The van der Waals surface area contributed by atoms with Gasteiger partial charge in [0.15, 0.2) is 0 Å². The molecule has 0 spiro atoms. The van der Waals surface area contributed by atoms with Crippen molar-refractivity contribution in [1.29, 1.82) is 0 Å². The molecule has 1 saturated carbocycles. The Balaban J connectivity index is 2.21. The first kappa shape index (κ1) is 11.8. The Morgan fingerprint density at radius 2 is 2.00 bits per heavy atom. The number of nitrogens with zero attached hydrogens (tertiary/aromatic N) is 2. The molecule has 2 rings (SSSR count). The van der Waals surface area contributed by atoms with E-state index in [1.54, 1.807) is 0 Å². The first-order chi connectivity index (χ1) is 7.45. The lowest BCUT2D eigenvalue weighted by Gasteiger charge is -2.27.